The third-order valence-electron chi connectivity index (χ3n) is 4.59. The number of benzene rings is 2. The van der Waals surface area contributed by atoms with Gasteiger partial charge in [-0.15, -0.1) is 0 Å². The van der Waals surface area contributed by atoms with Crippen LogP contribution in [-0.4, -0.2) is 43.5 Å². The van der Waals surface area contributed by atoms with Crippen molar-refractivity contribution in [1.29, 1.82) is 0 Å². The van der Waals surface area contributed by atoms with Crippen molar-refractivity contribution in [2.24, 2.45) is 0 Å². The zero-order valence-electron chi connectivity index (χ0n) is 15.5. The number of amides is 1. The highest BCUT2D eigenvalue weighted by Gasteiger charge is 2.19. The molecule has 1 heterocycles. The smallest absolute Gasteiger partial charge is 0.230 e. The first-order valence-corrected chi connectivity index (χ1v) is 10.1. The van der Waals surface area contributed by atoms with E-state index in [0.717, 1.165) is 11.2 Å². The van der Waals surface area contributed by atoms with Crippen molar-refractivity contribution >= 4 is 34.3 Å². The molecular formula is C21H25N3OS. The van der Waals surface area contributed by atoms with Crippen LogP contribution in [0, 0.1) is 0 Å². The summed E-state index contributed by atoms with van der Waals surface area (Å²) >= 11 is 1.54. The van der Waals surface area contributed by atoms with Crippen LogP contribution in [-0.2, 0) is 4.79 Å². The van der Waals surface area contributed by atoms with Gasteiger partial charge >= 0.3 is 0 Å². The Kier molecular flexibility index (Phi) is 5.89. The van der Waals surface area contributed by atoms with E-state index in [2.05, 4.69) is 63.9 Å². The Morgan fingerprint density at radius 3 is 2.58 bits per heavy atom. The van der Waals surface area contributed by atoms with Crippen molar-refractivity contribution in [2.45, 2.75) is 5.92 Å². The number of hydrogen-bond donors (Lipinski definition) is 2. The number of rotatable bonds is 7. The molecule has 0 spiro atoms. The van der Waals surface area contributed by atoms with Gasteiger partial charge in [0.1, 0.15) is 0 Å². The SMILES string of the molecule is CSCC(=O)NCC(c1ccc(N(C)C)cc1)c1c[nH]c2ccccc12. The van der Waals surface area contributed by atoms with Gasteiger partial charge in [-0.2, -0.15) is 11.8 Å². The van der Waals surface area contributed by atoms with Crippen LogP contribution in [0.15, 0.2) is 54.7 Å². The second kappa shape index (κ2) is 8.32. The van der Waals surface area contributed by atoms with Gasteiger partial charge in [-0.05, 0) is 35.6 Å². The number of anilines is 1. The minimum Gasteiger partial charge on any atom is -0.378 e. The van der Waals surface area contributed by atoms with Gasteiger partial charge in [-0.25, -0.2) is 0 Å². The second-order valence-electron chi connectivity index (χ2n) is 6.57. The van der Waals surface area contributed by atoms with Gasteiger partial charge in [0, 0.05) is 49.3 Å². The van der Waals surface area contributed by atoms with Crippen LogP contribution in [0.25, 0.3) is 10.9 Å². The zero-order valence-corrected chi connectivity index (χ0v) is 16.3. The van der Waals surface area contributed by atoms with E-state index in [4.69, 9.17) is 0 Å². The fourth-order valence-electron chi connectivity index (χ4n) is 3.19. The summed E-state index contributed by atoms with van der Waals surface area (Å²) in [5.74, 6) is 0.667. The monoisotopic (exact) mass is 367 g/mol. The Morgan fingerprint density at radius 2 is 1.88 bits per heavy atom. The van der Waals surface area contributed by atoms with Gasteiger partial charge in [-0.1, -0.05) is 30.3 Å². The van der Waals surface area contributed by atoms with Crippen LogP contribution in [0.1, 0.15) is 17.0 Å². The number of thioether (sulfide) groups is 1. The van der Waals surface area contributed by atoms with E-state index in [1.54, 1.807) is 0 Å². The van der Waals surface area contributed by atoms with Gasteiger partial charge in [0.2, 0.25) is 5.91 Å². The summed E-state index contributed by atoms with van der Waals surface area (Å²) in [5, 5.41) is 4.29. The molecule has 1 aromatic heterocycles. The minimum atomic E-state index is 0.0762. The van der Waals surface area contributed by atoms with E-state index < -0.39 is 0 Å². The predicted octanol–water partition coefficient (Wildman–Crippen LogP) is 3.85. The summed E-state index contributed by atoms with van der Waals surface area (Å²) in [7, 11) is 4.07. The maximum absolute atomic E-state index is 12.0. The number of nitrogens with zero attached hydrogens (tertiary/aromatic N) is 1. The Bertz CT molecular complexity index is 870. The number of carbonyl (C=O) groups excluding carboxylic acids is 1. The Hall–Kier alpha value is -2.40. The molecule has 0 saturated carbocycles. The van der Waals surface area contributed by atoms with Crippen LogP contribution in [0.2, 0.25) is 0 Å². The predicted molar refractivity (Wildman–Crippen MR) is 112 cm³/mol. The topological polar surface area (TPSA) is 48.1 Å². The molecule has 0 saturated heterocycles. The summed E-state index contributed by atoms with van der Waals surface area (Å²) in [6, 6.07) is 16.9. The van der Waals surface area contributed by atoms with Crippen LogP contribution in [0.4, 0.5) is 5.69 Å². The summed E-state index contributed by atoms with van der Waals surface area (Å²) in [6.45, 7) is 0.586. The lowest BCUT2D eigenvalue weighted by Gasteiger charge is -2.20. The summed E-state index contributed by atoms with van der Waals surface area (Å²) in [5.41, 5.74) is 4.69. The molecule has 0 aliphatic heterocycles. The first-order valence-electron chi connectivity index (χ1n) is 8.69. The highest BCUT2D eigenvalue weighted by Crippen LogP contribution is 2.31. The first-order chi connectivity index (χ1) is 12.6. The van der Waals surface area contributed by atoms with Crippen molar-refractivity contribution in [3.8, 4) is 0 Å². The number of fused-ring (bicyclic) bond motifs is 1. The number of carbonyl (C=O) groups is 1. The normalized spacial score (nSPS) is 12.1. The molecule has 0 aliphatic carbocycles. The van der Waals surface area contributed by atoms with Crippen LogP contribution < -0.4 is 10.2 Å². The van der Waals surface area contributed by atoms with Crippen molar-refractivity contribution in [3.63, 3.8) is 0 Å². The molecule has 5 heteroatoms. The molecule has 3 rings (SSSR count). The summed E-state index contributed by atoms with van der Waals surface area (Å²) in [6.07, 6.45) is 4.01. The number of aromatic amines is 1. The largest absolute Gasteiger partial charge is 0.378 e. The highest BCUT2D eigenvalue weighted by molar-refractivity contribution is 7.99. The first kappa shape index (κ1) is 18.4. The molecule has 0 fully saturated rings. The molecule has 0 radical (unpaired) electrons. The van der Waals surface area contributed by atoms with Gasteiger partial charge in [0.05, 0.1) is 5.75 Å². The fraction of sp³-hybridized carbons (Fsp3) is 0.286. The quantitative estimate of drug-likeness (QED) is 0.667. The summed E-state index contributed by atoms with van der Waals surface area (Å²) < 4.78 is 0. The Morgan fingerprint density at radius 1 is 1.15 bits per heavy atom. The molecule has 0 bridgehead atoms. The van der Waals surface area contributed by atoms with Crippen molar-refractivity contribution < 1.29 is 4.79 Å². The lowest BCUT2D eigenvalue weighted by molar-refractivity contribution is -0.118. The molecule has 1 atom stereocenters. The lowest BCUT2D eigenvalue weighted by Crippen LogP contribution is -2.30. The lowest BCUT2D eigenvalue weighted by atomic mass is 9.90. The molecular weight excluding hydrogens is 342 g/mol. The third kappa shape index (κ3) is 4.05. The van der Waals surface area contributed by atoms with Crippen LogP contribution in [0.5, 0.6) is 0 Å². The molecule has 1 amide bonds. The highest BCUT2D eigenvalue weighted by atomic mass is 32.2. The van der Waals surface area contributed by atoms with Gasteiger partial charge in [-0.3, -0.25) is 4.79 Å². The van der Waals surface area contributed by atoms with E-state index >= 15 is 0 Å². The van der Waals surface area contributed by atoms with Gasteiger partial charge in [0.25, 0.3) is 0 Å². The van der Waals surface area contributed by atoms with E-state index in [9.17, 15) is 4.79 Å². The number of nitrogens with one attached hydrogen (secondary N) is 2. The number of hydrogen-bond acceptors (Lipinski definition) is 3. The van der Waals surface area contributed by atoms with Crippen LogP contribution >= 0.6 is 11.8 Å². The van der Waals surface area contributed by atoms with E-state index in [0.29, 0.717) is 12.3 Å². The standard InChI is InChI=1S/C21H25N3OS/c1-24(2)16-10-8-15(9-11-16)18(12-23-21(25)14-26-3)19-13-22-20-7-5-4-6-17(19)20/h4-11,13,18,22H,12,14H2,1-3H3,(H,23,25). The molecule has 2 N–H and O–H groups in total. The maximum atomic E-state index is 12.0. The van der Waals surface area contributed by atoms with Crippen molar-refractivity contribution in [1.82, 2.24) is 10.3 Å². The van der Waals surface area contributed by atoms with Crippen molar-refractivity contribution in [3.05, 3.63) is 65.9 Å². The van der Waals surface area contributed by atoms with Gasteiger partial charge in [0.15, 0.2) is 0 Å². The van der Waals surface area contributed by atoms with Crippen LogP contribution in [0.3, 0.4) is 0 Å². The third-order valence-corrected chi connectivity index (χ3v) is 5.14. The fourth-order valence-corrected chi connectivity index (χ4v) is 3.56. The molecule has 1 unspecified atom stereocenters. The number of aromatic nitrogens is 1. The average molecular weight is 368 g/mol. The number of H-pyrrole nitrogens is 1. The molecule has 3 aromatic rings. The summed E-state index contributed by atoms with van der Waals surface area (Å²) in [4.78, 5) is 17.5. The minimum absolute atomic E-state index is 0.0762. The van der Waals surface area contributed by atoms with E-state index in [-0.39, 0.29) is 11.8 Å². The molecule has 136 valence electrons. The maximum Gasteiger partial charge on any atom is 0.230 e. The van der Waals surface area contributed by atoms with Crippen molar-refractivity contribution in [2.75, 3.05) is 37.5 Å². The van der Waals surface area contributed by atoms with Gasteiger partial charge < -0.3 is 15.2 Å². The number of para-hydroxylation sites is 1. The molecule has 2 aromatic carbocycles. The molecule has 26 heavy (non-hydrogen) atoms. The second-order valence-corrected chi connectivity index (χ2v) is 7.43. The zero-order chi connectivity index (χ0) is 18.5. The Balaban J connectivity index is 1.94. The average Bonchev–Trinajstić information content (AvgIpc) is 3.07. The van der Waals surface area contributed by atoms with E-state index in [1.807, 2.05) is 26.4 Å². The molecule has 4 nitrogen and oxygen atoms in total. The van der Waals surface area contributed by atoms with E-state index in [1.165, 1.54) is 28.3 Å². The Labute approximate surface area is 159 Å². The molecule has 0 aliphatic rings.